The number of hydrogen-bond acceptors (Lipinski definition) is 6. The predicted octanol–water partition coefficient (Wildman–Crippen LogP) is 2.84. The second-order valence-corrected chi connectivity index (χ2v) is 7.58. The molecule has 0 bridgehead atoms. The number of nitriles is 1. The number of benzene rings is 2. The molecule has 154 valence electrons. The topological polar surface area (TPSA) is 53.8 Å². The third-order valence-electron chi connectivity index (χ3n) is 5.79. The van der Waals surface area contributed by atoms with Gasteiger partial charge >= 0.3 is 0 Å². The fourth-order valence-electron chi connectivity index (χ4n) is 4.16. The Bertz CT molecular complexity index is 988. The van der Waals surface area contributed by atoms with Gasteiger partial charge < -0.3 is 14.7 Å². The number of carbonyl (C=O) groups is 1. The Morgan fingerprint density at radius 3 is 2.07 bits per heavy atom. The summed E-state index contributed by atoms with van der Waals surface area (Å²) in [7, 11) is 3.76. The van der Waals surface area contributed by atoms with Crippen LogP contribution in [0.15, 0.2) is 59.9 Å². The molecule has 6 nitrogen and oxygen atoms in total. The van der Waals surface area contributed by atoms with Crippen LogP contribution in [0.5, 0.6) is 0 Å². The number of nitrogens with zero attached hydrogens (tertiary/aromatic N) is 5. The lowest BCUT2D eigenvalue weighted by Gasteiger charge is -2.35. The van der Waals surface area contributed by atoms with E-state index in [0.717, 1.165) is 30.2 Å². The Morgan fingerprint density at radius 1 is 0.967 bits per heavy atom. The molecular formula is C23H24FN5O. The minimum Gasteiger partial charge on any atom is -0.369 e. The van der Waals surface area contributed by atoms with Crippen LogP contribution in [0, 0.1) is 17.1 Å². The number of hydrogen-bond donors (Lipinski definition) is 0. The van der Waals surface area contributed by atoms with E-state index in [2.05, 4.69) is 15.9 Å². The zero-order valence-electron chi connectivity index (χ0n) is 17.2. The van der Waals surface area contributed by atoms with E-state index in [1.165, 1.54) is 12.1 Å². The SMILES string of the molecule is CN1C(=C(C#N)C(=O)CN2CCN(c3ccc(F)cc3)CC2)N(C)c2ccccc21. The van der Waals surface area contributed by atoms with E-state index >= 15 is 0 Å². The highest BCUT2D eigenvalue weighted by atomic mass is 19.1. The highest BCUT2D eigenvalue weighted by Gasteiger charge is 2.32. The fraction of sp³-hybridized carbons (Fsp3) is 0.304. The van der Waals surface area contributed by atoms with Crippen LogP contribution in [0.1, 0.15) is 0 Å². The van der Waals surface area contributed by atoms with Crippen LogP contribution in [0.4, 0.5) is 21.5 Å². The number of Topliss-reactive ketones (excluding diaryl/α,β-unsaturated/α-hetero) is 1. The smallest absolute Gasteiger partial charge is 0.191 e. The first-order chi connectivity index (χ1) is 14.5. The summed E-state index contributed by atoms with van der Waals surface area (Å²) in [6.45, 7) is 3.14. The molecule has 2 aromatic rings. The second kappa shape index (κ2) is 8.17. The summed E-state index contributed by atoms with van der Waals surface area (Å²) in [6.07, 6.45) is 0. The van der Waals surface area contributed by atoms with Crippen LogP contribution in [-0.4, -0.2) is 57.5 Å². The highest BCUT2D eigenvalue weighted by Crippen LogP contribution is 2.40. The molecular weight excluding hydrogens is 381 g/mol. The van der Waals surface area contributed by atoms with Gasteiger partial charge in [0.1, 0.15) is 23.3 Å². The van der Waals surface area contributed by atoms with Crippen molar-refractivity contribution in [1.29, 1.82) is 5.26 Å². The first-order valence-corrected chi connectivity index (χ1v) is 9.96. The quantitative estimate of drug-likeness (QED) is 0.576. The fourth-order valence-corrected chi connectivity index (χ4v) is 4.16. The molecule has 30 heavy (non-hydrogen) atoms. The summed E-state index contributed by atoms with van der Waals surface area (Å²) in [6, 6.07) is 16.5. The molecule has 2 heterocycles. The van der Waals surface area contributed by atoms with Gasteiger partial charge in [-0.25, -0.2) is 4.39 Å². The van der Waals surface area contributed by atoms with E-state index in [1.54, 1.807) is 12.1 Å². The first-order valence-electron chi connectivity index (χ1n) is 9.96. The van der Waals surface area contributed by atoms with Gasteiger partial charge in [-0.1, -0.05) is 12.1 Å². The Hall–Kier alpha value is -3.37. The van der Waals surface area contributed by atoms with Gasteiger partial charge in [-0.3, -0.25) is 9.69 Å². The van der Waals surface area contributed by atoms with E-state index in [-0.39, 0.29) is 23.7 Å². The van der Waals surface area contributed by atoms with Gasteiger partial charge in [-0.15, -0.1) is 0 Å². The predicted molar refractivity (Wildman–Crippen MR) is 116 cm³/mol. The summed E-state index contributed by atoms with van der Waals surface area (Å²) < 4.78 is 13.1. The van der Waals surface area contributed by atoms with Crippen molar-refractivity contribution in [3.05, 3.63) is 65.7 Å². The summed E-state index contributed by atoms with van der Waals surface area (Å²) in [4.78, 5) is 21.1. The average Bonchev–Trinajstić information content (AvgIpc) is 3.01. The summed E-state index contributed by atoms with van der Waals surface area (Å²) in [5, 5.41) is 9.77. The van der Waals surface area contributed by atoms with Crippen molar-refractivity contribution < 1.29 is 9.18 Å². The van der Waals surface area contributed by atoms with Gasteiger partial charge in [0.25, 0.3) is 0 Å². The normalized spacial score (nSPS) is 16.5. The highest BCUT2D eigenvalue weighted by molar-refractivity contribution is 6.03. The molecule has 1 fully saturated rings. The Balaban J connectivity index is 1.44. The number of halogens is 1. The van der Waals surface area contributed by atoms with Crippen LogP contribution < -0.4 is 14.7 Å². The van der Waals surface area contributed by atoms with Crippen LogP contribution in [-0.2, 0) is 4.79 Å². The third kappa shape index (κ3) is 3.62. The largest absolute Gasteiger partial charge is 0.369 e. The first kappa shape index (κ1) is 19.9. The molecule has 1 saturated heterocycles. The summed E-state index contributed by atoms with van der Waals surface area (Å²) in [5.41, 5.74) is 3.11. The zero-order chi connectivity index (χ0) is 21.3. The maximum atomic E-state index is 13.1. The van der Waals surface area contributed by atoms with Gasteiger partial charge in [-0.2, -0.15) is 5.26 Å². The van der Waals surface area contributed by atoms with Crippen molar-refractivity contribution in [3.63, 3.8) is 0 Å². The van der Waals surface area contributed by atoms with Crippen molar-refractivity contribution >= 4 is 22.8 Å². The van der Waals surface area contributed by atoms with Crippen LogP contribution in [0.25, 0.3) is 0 Å². The molecule has 0 aromatic heterocycles. The molecule has 0 radical (unpaired) electrons. The molecule has 0 atom stereocenters. The number of anilines is 3. The lowest BCUT2D eigenvalue weighted by molar-refractivity contribution is -0.116. The van der Waals surface area contributed by atoms with E-state index in [0.29, 0.717) is 18.9 Å². The summed E-state index contributed by atoms with van der Waals surface area (Å²) >= 11 is 0. The minimum absolute atomic E-state index is 0.172. The Labute approximate surface area is 176 Å². The average molecular weight is 405 g/mol. The maximum absolute atomic E-state index is 13.1. The Kier molecular flexibility index (Phi) is 5.42. The molecule has 0 unspecified atom stereocenters. The monoisotopic (exact) mass is 405 g/mol. The minimum atomic E-state index is -0.246. The number of fused-ring (bicyclic) bond motifs is 1. The Morgan fingerprint density at radius 2 is 1.53 bits per heavy atom. The molecule has 0 aliphatic carbocycles. The van der Waals surface area contributed by atoms with Gasteiger partial charge in [-0.05, 0) is 36.4 Å². The number of para-hydroxylation sites is 2. The van der Waals surface area contributed by atoms with Crippen molar-refractivity contribution in [2.24, 2.45) is 0 Å². The van der Waals surface area contributed by atoms with Crippen molar-refractivity contribution in [1.82, 2.24) is 4.90 Å². The molecule has 0 amide bonds. The van der Waals surface area contributed by atoms with Crippen molar-refractivity contribution in [3.8, 4) is 6.07 Å². The molecule has 2 aliphatic rings. The molecule has 4 rings (SSSR count). The van der Waals surface area contributed by atoms with E-state index in [1.807, 2.05) is 48.2 Å². The lowest BCUT2D eigenvalue weighted by Crippen LogP contribution is -2.48. The van der Waals surface area contributed by atoms with Gasteiger partial charge in [0.15, 0.2) is 5.78 Å². The van der Waals surface area contributed by atoms with Crippen LogP contribution in [0.2, 0.25) is 0 Å². The zero-order valence-corrected chi connectivity index (χ0v) is 17.2. The van der Waals surface area contributed by atoms with Crippen LogP contribution >= 0.6 is 0 Å². The number of ketones is 1. The van der Waals surface area contributed by atoms with Gasteiger partial charge in [0.2, 0.25) is 0 Å². The number of piperazine rings is 1. The molecule has 7 heteroatoms. The molecule has 0 N–H and O–H groups in total. The third-order valence-corrected chi connectivity index (χ3v) is 5.79. The molecule has 0 saturated carbocycles. The molecule has 0 spiro atoms. The number of rotatable bonds is 4. The van der Waals surface area contributed by atoms with Crippen LogP contribution in [0.3, 0.4) is 0 Å². The van der Waals surface area contributed by atoms with E-state index in [4.69, 9.17) is 0 Å². The maximum Gasteiger partial charge on any atom is 0.191 e. The van der Waals surface area contributed by atoms with Crippen molar-refractivity contribution in [2.45, 2.75) is 0 Å². The molecule has 2 aliphatic heterocycles. The summed E-state index contributed by atoms with van der Waals surface area (Å²) in [5.74, 6) is 0.201. The van der Waals surface area contributed by atoms with Gasteiger partial charge in [0, 0.05) is 46.0 Å². The van der Waals surface area contributed by atoms with Crippen molar-refractivity contribution in [2.75, 3.05) is 61.5 Å². The van der Waals surface area contributed by atoms with Gasteiger partial charge in [0.05, 0.1) is 17.9 Å². The number of carbonyl (C=O) groups excluding carboxylic acids is 1. The molecule has 2 aromatic carbocycles. The second-order valence-electron chi connectivity index (χ2n) is 7.58. The van der Waals surface area contributed by atoms with E-state index in [9.17, 15) is 14.4 Å². The standard InChI is InChI=1S/C23H24FN5O/c1-26-20-5-3-4-6-21(20)27(2)23(26)19(15-25)22(30)16-28-11-13-29(14-12-28)18-9-7-17(24)8-10-18/h3-10H,11-14,16H2,1-2H3. The van der Waals surface area contributed by atoms with E-state index < -0.39 is 0 Å². The lowest BCUT2D eigenvalue weighted by atomic mass is 10.1.